The molecule has 0 aliphatic carbocycles. The lowest BCUT2D eigenvalue weighted by Gasteiger charge is -2.13. The zero-order valence-electron chi connectivity index (χ0n) is 12.3. The average Bonchev–Trinajstić information content (AvgIpc) is 2.37. The van der Waals surface area contributed by atoms with Crippen molar-refractivity contribution in [1.82, 2.24) is 15.5 Å². The predicted molar refractivity (Wildman–Crippen MR) is 83.7 cm³/mol. The number of thiocarbonyl (C=S) groups is 1. The Morgan fingerprint density at radius 1 is 1.35 bits per heavy atom. The molecule has 7 heteroatoms. The number of carbonyl (C=O) groups is 1. The van der Waals surface area contributed by atoms with Crippen molar-refractivity contribution >= 4 is 28.9 Å². The molecule has 0 fully saturated rings. The molecule has 1 heterocycles. The van der Waals surface area contributed by atoms with Crippen LogP contribution < -0.4 is 16.4 Å². The largest absolute Gasteiger partial charge is 0.389 e. The molecule has 0 saturated carbocycles. The molecule has 1 aromatic rings. The summed E-state index contributed by atoms with van der Waals surface area (Å²) in [5, 5.41) is 13.8. The fourth-order valence-electron chi connectivity index (χ4n) is 1.58. The molecule has 0 atom stereocenters. The number of aromatic nitrogens is 2. The van der Waals surface area contributed by atoms with Crippen molar-refractivity contribution in [3.05, 3.63) is 16.8 Å². The minimum Gasteiger partial charge on any atom is -0.389 e. The van der Waals surface area contributed by atoms with Crippen LogP contribution in [0.2, 0.25) is 0 Å². The summed E-state index contributed by atoms with van der Waals surface area (Å²) in [7, 11) is 0. The molecule has 0 saturated heterocycles. The Balaban J connectivity index is 2.76. The van der Waals surface area contributed by atoms with Gasteiger partial charge in [-0.25, -0.2) is 0 Å². The van der Waals surface area contributed by atoms with Crippen molar-refractivity contribution in [2.24, 2.45) is 11.7 Å². The van der Waals surface area contributed by atoms with Gasteiger partial charge in [-0.15, -0.1) is 5.10 Å². The highest BCUT2D eigenvalue weighted by atomic mass is 32.1. The first-order chi connectivity index (χ1) is 9.32. The van der Waals surface area contributed by atoms with E-state index in [1.165, 1.54) is 0 Å². The zero-order valence-corrected chi connectivity index (χ0v) is 13.1. The summed E-state index contributed by atoms with van der Waals surface area (Å²) in [6.07, 6.45) is 0. The van der Waals surface area contributed by atoms with Gasteiger partial charge in [-0.3, -0.25) is 4.79 Å². The van der Waals surface area contributed by atoms with Crippen LogP contribution in [0.1, 0.15) is 30.7 Å². The Morgan fingerprint density at radius 2 is 2.00 bits per heavy atom. The maximum atomic E-state index is 11.7. The molecule has 0 spiro atoms. The molecule has 0 aliphatic heterocycles. The molecule has 0 unspecified atom stereocenters. The predicted octanol–water partition coefficient (Wildman–Crippen LogP) is 0.912. The van der Waals surface area contributed by atoms with Crippen molar-refractivity contribution < 1.29 is 4.79 Å². The number of carbonyl (C=O) groups excluding carboxylic acids is 1. The van der Waals surface area contributed by atoms with E-state index in [-0.39, 0.29) is 17.4 Å². The van der Waals surface area contributed by atoms with E-state index in [0.717, 1.165) is 11.3 Å². The number of amides is 1. The monoisotopic (exact) mass is 295 g/mol. The van der Waals surface area contributed by atoms with Crippen LogP contribution in [-0.4, -0.2) is 34.2 Å². The third kappa shape index (κ3) is 4.41. The zero-order chi connectivity index (χ0) is 15.3. The quantitative estimate of drug-likeness (QED) is 0.676. The summed E-state index contributed by atoms with van der Waals surface area (Å²) in [6.45, 7) is 8.54. The Bertz CT molecular complexity index is 516. The van der Waals surface area contributed by atoms with Crippen molar-refractivity contribution in [1.29, 1.82) is 0 Å². The molecule has 1 rings (SSSR count). The number of rotatable bonds is 6. The van der Waals surface area contributed by atoms with Gasteiger partial charge in [0.05, 0.1) is 17.8 Å². The van der Waals surface area contributed by atoms with E-state index in [1.807, 2.05) is 27.7 Å². The summed E-state index contributed by atoms with van der Waals surface area (Å²) in [5.74, 6) is 0.750. The maximum Gasteiger partial charge on any atom is 0.239 e. The summed E-state index contributed by atoms with van der Waals surface area (Å²) >= 11 is 5.03. The summed E-state index contributed by atoms with van der Waals surface area (Å²) < 4.78 is 0. The molecule has 0 radical (unpaired) electrons. The number of hydrogen-bond acceptors (Lipinski definition) is 5. The lowest BCUT2D eigenvalue weighted by molar-refractivity contribution is -0.119. The van der Waals surface area contributed by atoms with Crippen LogP contribution in [0, 0.1) is 19.8 Å². The first kappa shape index (κ1) is 16.3. The van der Waals surface area contributed by atoms with Crippen molar-refractivity contribution in [2.45, 2.75) is 27.7 Å². The molecule has 110 valence electrons. The lowest BCUT2D eigenvalue weighted by Crippen LogP contribution is -2.33. The van der Waals surface area contributed by atoms with Crippen molar-refractivity contribution in [3.8, 4) is 0 Å². The first-order valence-corrected chi connectivity index (χ1v) is 6.88. The van der Waals surface area contributed by atoms with Gasteiger partial charge in [0.1, 0.15) is 4.99 Å². The van der Waals surface area contributed by atoms with E-state index in [1.54, 1.807) is 0 Å². The molecular formula is C13H21N5OS. The summed E-state index contributed by atoms with van der Waals surface area (Å²) in [5.41, 5.74) is 7.99. The second-order valence-corrected chi connectivity index (χ2v) is 5.49. The van der Waals surface area contributed by atoms with Crippen LogP contribution in [0.15, 0.2) is 0 Å². The minimum atomic E-state index is -0.104. The third-order valence-electron chi connectivity index (χ3n) is 2.82. The minimum absolute atomic E-state index is 0.104. The molecule has 20 heavy (non-hydrogen) atoms. The highest BCUT2D eigenvalue weighted by molar-refractivity contribution is 7.80. The second kappa shape index (κ2) is 7.14. The first-order valence-electron chi connectivity index (χ1n) is 6.47. The third-order valence-corrected chi connectivity index (χ3v) is 3.03. The molecule has 1 amide bonds. The molecule has 0 aromatic carbocycles. The van der Waals surface area contributed by atoms with E-state index in [4.69, 9.17) is 18.0 Å². The fourth-order valence-corrected chi connectivity index (χ4v) is 1.83. The number of nitrogens with two attached hydrogens (primary N) is 1. The van der Waals surface area contributed by atoms with E-state index in [2.05, 4.69) is 20.8 Å². The standard InChI is InChI=1S/C13H21N5OS/c1-7(2)5-15-10(19)6-16-13-11(12(14)20)8(3)9(4)17-18-13/h7H,5-6H2,1-4H3,(H2,14,20)(H,15,19)(H,16,18). The Morgan fingerprint density at radius 3 is 2.55 bits per heavy atom. The van der Waals surface area contributed by atoms with Gasteiger partial charge in [-0.2, -0.15) is 5.10 Å². The Hall–Kier alpha value is -1.76. The van der Waals surface area contributed by atoms with Crippen LogP contribution in [0.25, 0.3) is 0 Å². The molecule has 4 N–H and O–H groups in total. The van der Waals surface area contributed by atoms with E-state index in [0.29, 0.717) is 23.8 Å². The van der Waals surface area contributed by atoms with Crippen molar-refractivity contribution in [3.63, 3.8) is 0 Å². The Kier molecular flexibility index (Phi) is 5.82. The van der Waals surface area contributed by atoms with Crippen LogP contribution >= 0.6 is 12.2 Å². The molecule has 0 aliphatic rings. The van der Waals surface area contributed by atoms with Crippen LogP contribution in [0.5, 0.6) is 0 Å². The van der Waals surface area contributed by atoms with Gasteiger partial charge in [-0.1, -0.05) is 26.1 Å². The highest BCUT2D eigenvalue weighted by Crippen LogP contribution is 2.17. The van der Waals surface area contributed by atoms with E-state index in [9.17, 15) is 4.79 Å². The topological polar surface area (TPSA) is 92.9 Å². The van der Waals surface area contributed by atoms with Gasteiger partial charge in [0, 0.05) is 6.54 Å². The van der Waals surface area contributed by atoms with E-state index < -0.39 is 0 Å². The number of hydrogen-bond donors (Lipinski definition) is 3. The van der Waals surface area contributed by atoms with Crippen molar-refractivity contribution in [2.75, 3.05) is 18.4 Å². The van der Waals surface area contributed by atoms with Gasteiger partial charge in [0.2, 0.25) is 5.91 Å². The van der Waals surface area contributed by atoms with Gasteiger partial charge < -0.3 is 16.4 Å². The number of nitrogens with zero attached hydrogens (tertiary/aromatic N) is 2. The number of aryl methyl sites for hydroxylation is 1. The second-order valence-electron chi connectivity index (χ2n) is 5.05. The van der Waals surface area contributed by atoms with Gasteiger partial charge in [0.25, 0.3) is 0 Å². The normalized spacial score (nSPS) is 10.4. The van der Waals surface area contributed by atoms with Gasteiger partial charge in [0.15, 0.2) is 5.82 Å². The number of anilines is 1. The lowest BCUT2D eigenvalue weighted by atomic mass is 10.1. The smallest absolute Gasteiger partial charge is 0.239 e. The summed E-state index contributed by atoms with van der Waals surface area (Å²) in [4.78, 5) is 11.9. The molecule has 1 aromatic heterocycles. The molecule has 6 nitrogen and oxygen atoms in total. The Labute approximate surface area is 124 Å². The van der Waals surface area contributed by atoms with Gasteiger partial charge >= 0.3 is 0 Å². The molecule has 0 bridgehead atoms. The van der Waals surface area contributed by atoms with Gasteiger partial charge in [-0.05, 0) is 25.3 Å². The molecular weight excluding hydrogens is 274 g/mol. The van der Waals surface area contributed by atoms with Crippen LogP contribution in [0.3, 0.4) is 0 Å². The number of nitrogens with one attached hydrogen (secondary N) is 2. The van der Waals surface area contributed by atoms with Crippen LogP contribution in [-0.2, 0) is 4.79 Å². The summed E-state index contributed by atoms with van der Waals surface area (Å²) in [6, 6.07) is 0. The average molecular weight is 295 g/mol. The fraction of sp³-hybridized carbons (Fsp3) is 0.538. The highest BCUT2D eigenvalue weighted by Gasteiger charge is 2.14. The van der Waals surface area contributed by atoms with E-state index >= 15 is 0 Å². The van der Waals surface area contributed by atoms with Crippen LogP contribution in [0.4, 0.5) is 5.82 Å². The SMILES string of the molecule is Cc1nnc(NCC(=O)NCC(C)C)c(C(N)=S)c1C. The maximum absolute atomic E-state index is 11.7.